The van der Waals surface area contributed by atoms with Crippen molar-refractivity contribution in [1.82, 2.24) is 14.9 Å². The molecule has 1 aromatic heterocycles. The van der Waals surface area contributed by atoms with Crippen LogP contribution in [0.1, 0.15) is 28.8 Å². The average molecular weight is 191 g/mol. The lowest BCUT2D eigenvalue weighted by Gasteiger charge is -2.23. The third-order valence-electron chi connectivity index (χ3n) is 2.45. The van der Waals surface area contributed by atoms with Gasteiger partial charge >= 0.3 is 0 Å². The number of carbonyl (C=O) groups excluding carboxylic acids is 1. The molecule has 2 rings (SSSR count). The van der Waals surface area contributed by atoms with Crippen molar-refractivity contribution >= 4 is 5.78 Å². The van der Waals surface area contributed by atoms with Crippen LogP contribution in [0.15, 0.2) is 6.20 Å². The molecule has 0 radical (unpaired) electrons. The Balaban J connectivity index is 2.37. The number of ketones is 1. The van der Waals surface area contributed by atoms with E-state index in [1.165, 1.54) is 12.5 Å². The number of nitrogens with zero attached hydrogens (tertiary/aromatic N) is 3. The van der Waals surface area contributed by atoms with Crippen LogP contribution in [0.2, 0.25) is 0 Å². The monoisotopic (exact) mass is 191 g/mol. The maximum Gasteiger partial charge on any atom is 0.196 e. The van der Waals surface area contributed by atoms with Gasteiger partial charge in [-0.3, -0.25) is 4.79 Å². The second kappa shape index (κ2) is 3.46. The van der Waals surface area contributed by atoms with Crippen LogP contribution in [0.5, 0.6) is 0 Å². The molecule has 1 aromatic rings. The highest BCUT2D eigenvalue weighted by molar-refractivity contribution is 5.90. The van der Waals surface area contributed by atoms with E-state index in [1.54, 1.807) is 6.20 Å². The molecule has 0 saturated heterocycles. The van der Waals surface area contributed by atoms with Crippen molar-refractivity contribution in [3.8, 4) is 0 Å². The molecule has 0 fully saturated rings. The Morgan fingerprint density at radius 3 is 3.07 bits per heavy atom. The van der Waals surface area contributed by atoms with Crippen LogP contribution in [0.3, 0.4) is 0 Å². The van der Waals surface area contributed by atoms with Crippen LogP contribution in [0.25, 0.3) is 0 Å². The first-order valence-corrected chi connectivity index (χ1v) is 4.71. The van der Waals surface area contributed by atoms with Crippen molar-refractivity contribution in [3.63, 3.8) is 0 Å². The zero-order valence-corrected chi connectivity index (χ0v) is 8.45. The van der Waals surface area contributed by atoms with Crippen molar-refractivity contribution in [2.75, 3.05) is 13.6 Å². The highest BCUT2D eigenvalue weighted by Crippen LogP contribution is 2.14. The van der Waals surface area contributed by atoms with Gasteiger partial charge in [-0.2, -0.15) is 0 Å². The van der Waals surface area contributed by atoms with Gasteiger partial charge in [0.2, 0.25) is 0 Å². The summed E-state index contributed by atoms with van der Waals surface area (Å²) in [5.74, 6) is 0.264. The third-order valence-corrected chi connectivity index (χ3v) is 2.45. The van der Waals surface area contributed by atoms with Gasteiger partial charge in [-0.25, -0.2) is 9.97 Å². The normalized spacial score (nSPS) is 16.4. The highest BCUT2D eigenvalue weighted by atomic mass is 16.1. The quantitative estimate of drug-likeness (QED) is 0.612. The van der Waals surface area contributed by atoms with Gasteiger partial charge in [0.1, 0.15) is 0 Å². The maximum atomic E-state index is 11.1. The minimum Gasteiger partial charge on any atom is -0.300 e. The van der Waals surface area contributed by atoms with Crippen molar-refractivity contribution in [3.05, 3.63) is 23.3 Å². The molecule has 2 heterocycles. The van der Waals surface area contributed by atoms with Gasteiger partial charge < -0.3 is 4.90 Å². The van der Waals surface area contributed by atoms with E-state index >= 15 is 0 Å². The number of likely N-dealkylation sites (N-methyl/N-ethyl adjacent to an activating group) is 1. The summed E-state index contributed by atoms with van der Waals surface area (Å²) in [5.41, 5.74) is 2.17. The maximum absolute atomic E-state index is 11.1. The van der Waals surface area contributed by atoms with E-state index in [-0.39, 0.29) is 5.78 Å². The van der Waals surface area contributed by atoms with Crippen molar-refractivity contribution in [1.29, 1.82) is 0 Å². The van der Waals surface area contributed by atoms with Gasteiger partial charge in [0.25, 0.3) is 0 Å². The molecule has 0 N–H and O–H groups in total. The number of rotatable bonds is 1. The Morgan fingerprint density at radius 1 is 1.57 bits per heavy atom. The molecule has 0 bridgehead atoms. The number of hydrogen-bond acceptors (Lipinski definition) is 4. The molecular formula is C10H13N3O. The second-order valence-corrected chi connectivity index (χ2v) is 3.71. The Hall–Kier alpha value is -1.29. The van der Waals surface area contributed by atoms with Crippen LogP contribution >= 0.6 is 0 Å². The summed E-state index contributed by atoms with van der Waals surface area (Å²) < 4.78 is 0. The van der Waals surface area contributed by atoms with Crippen molar-refractivity contribution in [2.24, 2.45) is 0 Å². The van der Waals surface area contributed by atoms with Gasteiger partial charge in [-0.05, 0) is 19.0 Å². The fourth-order valence-electron chi connectivity index (χ4n) is 1.60. The van der Waals surface area contributed by atoms with E-state index in [0.717, 1.165) is 25.2 Å². The Morgan fingerprint density at radius 2 is 2.36 bits per heavy atom. The molecule has 74 valence electrons. The number of Topliss-reactive ketones (excluding diaryl/α,β-unsaturated/α-hetero) is 1. The molecule has 1 aliphatic heterocycles. The predicted molar refractivity (Wildman–Crippen MR) is 52.1 cm³/mol. The first kappa shape index (κ1) is 9.27. The summed E-state index contributed by atoms with van der Waals surface area (Å²) >= 11 is 0. The number of hydrogen-bond donors (Lipinski definition) is 0. The van der Waals surface area contributed by atoms with Gasteiger partial charge in [0, 0.05) is 26.2 Å². The van der Waals surface area contributed by atoms with E-state index in [9.17, 15) is 4.79 Å². The average Bonchev–Trinajstić information content (AvgIpc) is 2.16. The summed E-state index contributed by atoms with van der Waals surface area (Å²) in [5, 5.41) is 0. The summed E-state index contributed by atoms with van der Waals surface area (Å²) in [6.45, 7) is 3.35. The fourth-order valence-corrected chi connectivity index (χ4v) is 1.60. The zero-order chi connectivity index (χ0) is 10.1. The Bertz CT molecular complexity index is 376. The number of fused-ring (bicyclic) bond motifs is 1. The largest absolute Gasteiger partial charge is 0.300 e. The van der Waals surface area contributed by atoms with Gasteiger partial charge in [0.05, 0.1) is 5.69 Å². The van der Waals surface area contributed by atoms with E-state index in [0.29, 0.717) is 5.82 Å². The van der Waals surface area contributed by atoms with E-state index in [2.05, 4.69) is 21.9 Å². The molecule has 0 saturated carbocycles. The summed E-state index contributed by atoms with van der Waals surface area (Å²) in [4.78, 5) is 21.6. The molecule has 1 aliphatic rings. The predicted octanol–water partition coefficient (Wildman–Crippen LogP) is 0.667. The van der Waals surface area contributed by atoms with Gasteiger partial charge in [-0.15, -0.1) is 0 Å². The second-order valence-electron chi connectivity index (χ2n) is 3.71. The number of carbonyl (C=O) groups is 1. The van der Waals surface area contributed by atoms with E-state index in [4.69, 9.17) is 0 Å². The SMILES string of the molecule is CC(=O)c1ncc2c(n1)CN(C)CC2. The molecule has 0 aromatic carbocycles. The lowest BCUT2D eigenvalue weighted by atomic mass is 10.1. The van der Waals surface area contributed by atoms with Gasteiger partial charge in [0.15, 0.2) is 11.6 Å². The molecule has 14 heavy (non-hydrogen) atoms. The Kier molecular flexibility index (Phi) is 2.29. The molecule has 0 unspecified atom stereocenters. The molecule has 0 atom stereocenters. The third kappa shape index (κ3) is 1.65. The lowest BCUT2D eigenvalue weighted by Crippen LogP contribution is -2.28. The number of aromatic nitrogens is 2. The van der Waals surface area contributed by atoms with E-state index in [1.807, 2.05) is 0 Å². The first-order chi connectivity index (χ1) is 6.66. The van der Waals surface area contributed by atoms with Gasteiger partial charge in [-0.1, -0.05) is 0 Å². The fraction of sp³-hybridized carbons (Fsp3) is 0.500. The summed E-state index contributed by atoms with van der Waals surface area (Å²) in [7, 11) is 2.05. The van der Waals surface area contributed by atoms with Crippen molar-refractivity contribution < 1.29 is 4.79 Å². The highest BCUT2D eigenvalue weighted by Gasteiger charge is 2.16. The van der Waals surface area contributed by atoms with Crippen LogP contribution in [-0.4, -0.2) is 34.2 Å². The summed E-state index contributed by atoms with van der Waals surface area (Å²) in [6.07, 6.45) is 2.76. The molecule has 0 amide bonds. The van der Waals surface area contributed by atoms with Crippen LogP contribution < -0.4 is 0 Å². The molecular weight excluding hydrogens is 178 g/mol. The van der Waals surface area contributed by atoms with Crippen molar-refractivity contribution in [2.45, 2.75) is 19.9 Å². The summed E-state index contributed by atoms with van der Waals surface area (Å²) in [6, 6.07) is 0. The Labute approximate surface area is 83.0 Å². The first-order valence-electron chi connectivity index (χ1n) is 4.71. The zero-order valence-electron chi connectivity index (χ0n) is 8.45. The topological polar surface area (TPSA) is 46.1 Å². The molecule has 0 spiro atoms. The standard InChI is InChI=1S/C10H13N3O/c1-7(14)10-11-5-8-3-4-13(2)6-9(8)12-10/h5H,3-4,6H2,1-2H3. The van der Waals surface area contributed by atoms with Crippen LogP contribution in [0.4, 0.5) is 0 Å². The van der Waals surface area contributed by atoms with Crippen LogP contribution in [-0.2, 0) is 13.0 Å². The van der Waals surface area contributed by atoms with Crippen LogP contribution in [0, 0.1) is 0 Å². The smallest absolute Gasteiger partial charge is 0.196 e. The lowest BCUT2D eigenvalue weighted by molar-refractivity contribution is 0.100. The minimum absolute atomic E-state index is 0.0685. The van der Waals surface area contributed by atoms with E-state index < -0.39 is 0 Å². The molecule has 0 aliphatic carbocycles. The molecule has 4 nitrogen and oxygen atoms in total. The molecule has 4 heteroatoms. The minimum atomic E-state index is -0.0685.